The highest BCUT2D eigenvalue weighted by Gasteiger charge is 2.37. The molecule has 6 heteroatoms. The van der Waals surface area contributed by atoms with Gasteiger partial charge in [-0.15, -0.1) is 0 Å². The summed E-state index contributed by atoms with van der Waals surface area (Å²) in [4.78, 5) is 27.7. The van der Waals surface area contributed by atoms with E-state index >= 15 is 0 Å². The number of aliphatic hydroxyl groups excluding tert-OH is 1. The maximum Gasteiger partial charge on any atom is 0.255 e. The van der Waals surface area contributed by atoms with Crippen LogP contribution in [-0.4, -0.2) is 46.5 Å². The topological polar surface area (TPSA) is 69.6 Å². The largest absolute Gasteiger partial charge is 0.394 e. The summed E-state index contributed by atoms with van der Waals surface area (Å²) >= 11 is 1.67. The molecule has 2 atom stereocenters. The van der Waals surface area contributed by atoms with Gasteiger partial charge in [0.05, 0.1) is 12.6 Å². The molecule has 0 unspecified atom stereocenters. The Balaban J connectivity index is 1.87. The Hall–Kier alpha value is -2.31. The third-order valence-electron chi connectivity index (χ3n) is 4.76. The first-order valence-electron chi connectivity index (χ1n) is 8.99. The molecule has 5 nitrogen and oxygen atoms in total. The van der Waals surface area contributed by atoms with E-state index in [0.29, 0.717) is 18.5 Å². The Bertz CT molecular complexity index is 797. The van der Waals surface area contributed by atoms with Gasteiger partial charge in [0.15, 0.2) is 0 Å². The molecule has 27 heavy (non-hydrogen) atoms. The summed E-state index contributed by atoms with van der Waals surface area (Å²) in [7, 11) is 0. The standard InChI is InChI=1S/C21H24N2O3S/c1-27-12-11-17(14-24)22-20(25)19(15-7-3-2-4-8-15)23-13-16-9-5-6-10-18(16)21(23)26/h2-10,17,19,24H,11-14H2,1H3,(H,22,25)/t17-,19-/m1/s1. The van der Waals surface area contributed by atoms with Gasteiger partial charge in [0.25, 0.3) is 5.91 Å². The molecule has 3 rings (SSSR count). The van der Waals surface area contributed by atoms with E-state index in [9.17, 15) is 14.7 Å². The Kier molecular flexibility index (Phi) is 6.53. The molecule has 0 saturated heterocycles. The number of benzene rings is 2. The summed E-state index contributed by atoms with van der Waals surface area (Å²) in [6.45, 7) is 0.276. The van der Waals surface area contributed by atoms with Crippen LogP contribution in [-0.2, 0) is 11.3 Å². The van der Waals surface area contributed by atoms with E-state index in [1.165, 1.54) is 0 Å². The smallest absolute Gasteiger partial charge is 0.255 e. The summed E-state index contributed by atoms with van der Waals surface area (Å²) in [5.41, 5.74) is 2.34. The maximum absolute atomic E-state index is 13.1. The molecule has 0 aromatic heterocycles. The van der Waals surface area contributed by atoms with Crippen molar-refractivity contribution in [3.8, 4) is 0 Å². The fourth-order valence-electron chi connectivity index (χ4n) is 3.34. The van der Waals surface area contributed by atoms with Gasteiger partial charge >= 0.3 is 0 Å². The fraction of sp³-hybridized carbons (Fsp3) is 0.333. The van der Waals surface area contributed by atoms with Gasteiger partial charge in [-0.2, -0.15) is 11.8 Å². The van der Waals surface area contributed by atoms with Gasteiger partial charge in [0.1, 0.15) is 6.04 Å². The highest BCUT2D eigenvalue weighted by atomic mass is 32.2. The first-order chi connectivity index (χ1) is 13.2. The second-order valence-electron chi connectivity index (χ2n) is 6.57. The van der Waals surface area contributed by atoms with E-state index in [4.69, 9.17) is 0 Å². The third-order valence-corrected chi connectivity index (χ3v) is 5.41. The number of fused-ring (bicyclic) bond motifs is 1. The number of thioether (sulfide) groups is 1. The second-order valence-corrected chi connectivity index (χ2v) is 7.56. The fourth-order valence-corrected chi connectivity index (χ4v) is 3.86. The van der Waals surface area contributed by atoms with E-state index < -0.39 is 6.04 Å². The van der Waals surface area contributed by atoms with E-state index in [0.717, 1.165) is 16.9 Å². The van der Waals surface area contributed by atoms with Crippen molar-refractivity contribution in [3.63, 3.8) is 0 Å². The van der Waals surface area contributed by atoms with Gasteiger partial charge in [-0.3, -0.25) is 9.59 Å². The van der Waals surface area contributed by atoms with Crippen LogP contribution in [0.4, 0.5) is 0 Å². The van der Waals surface area contributed by atoms with Crippen LogP contribution in [0.3, 0.4) is 0 Å². The lowest BCUT2D eigenvalue weighted by Gasteiger charge is -2.29. The van der Waals surface area contributed by atoms with E-state index in [1.807, 2.05) is 54.8 Å². The number of nitrogens with zero attached hydrogens (tertiary/aromatic N) is 1. The molecule has 0 spiro atoms. The Morgan fingerprint density at radius 2 is 1.89 bits per heavy atom. The molecule has 2 amide bonds. The lowest BCUT2D eigenvalue weighted by atomic mass is 10.0. The third kappa shape index (κ3) is 4.34. The van der Waals surface area contributed by atoms with Crippen LogP contribution in [0.1, 0.15) is 33.9 Å². The zero-order chi connectivity index (χ0) is 19.2. The minimum absolute atomic E-state index is 0.123. The number of carbonyl (C=O) groups is 2. The van der Waals surface area contributed by atoms with Gasteiger partial charge in [0, 0.05) is 12.1 Å². The van der Waals surface area contributed by atoms with Crippen LogP contribution in [0.2, 0.25) is 0 Å². The van der Waals surface area contributed by atoms with Crippen LogP contribution in [0, 0.1) is 0 Å². The summed E-state index contributed by atoms with van der Waals surface area (Å²) < 4.78 is 0. The van der Waals surface area contributed by atoms with E-state index in [-0.39, 0.29) is 24.5 Å². The molecule has 0 fully saturated rings. The molecule has 1 aliphatic heterocycles. The molecule has 142 valence electrons. The molecular formula is C21H24N2O3S. The van der Waals surface area contributed by atoms with Crippen molar-refractivity contribution >= 4 is 23.6 Å². The number of hydrogen-bond donors (Lipinski definition) is 2. The number of rotatable bonds is 8. The molecule has 1 aliphatic rings. The van der Waals surface area contributed by atoms with Crippen molar-refractivity contribution in [2.45, 2.75) is 25.0 Å². The normalized spacial score (nSPS) is 15.3. The minimum Gasteiger partial charge on any atom is -0.394 e. The van der Waals surface area contributed by atoms with Crippen molar-refractivity contribution in [3.05, 3.63) is 71.3 Å². The SMILES string of the molecule is CSCC[C@H](CO)NC(=O)[C@@H](c1ccccc1)N1Cc2ccccc2C1=O. The maximum atomic E-state index is 13.1. The van der Waals surface area contributed by atoms with Crippen LogP contribution in [0.15, 0.2) is 54.6 Å². The number of aliphatic hydroxyl groups is 1. The lowest BCUT2D eigenvalue weighted by molar-refractivity contribution is -0.127. The van der Waals surface area contributed by atoms with Gasteiger partial charge in [-0.05, 0) is 35.6 Å². The molecule has 0 aliphatic carbocycles. The van der Waals surface area contributed by atoms with Gasteiger partial charge in [0.2, 0.25) is 5.91 Å². The van der Waals surface area contributed by atoms with Crippen molar-refractivity contribution in [2.75, 3.05) is 18.6 Å². The Morgan fingerprint density at radius 1 is 1.19 bits per heavy atom. The van der Waals surface area contributed by atoms with E-state index in [1.54, 1.807) is 22.7 Å². The van der Waals surface area contributed by atoms with Gasteiger partial charge in [-0.1, -0.05) is 48.5 Å². The average Bonchev–Trinajstić information content (AvgIpc) is 3.03. The lowest BCUT2D eigenvalue weighted by Crippen LogP contribution is -2.46. The van der Waals surface area contributed by atoms with Crippen LogP contribution < -0.4 is 5.32 Å². The number of nitrogens with one attached hydrogen (secondary N) is 1. The first kappa shape index (κ1) is 19.5. The zero-order valence-electron chi connectivity index (χ0n) is 15.3. The predicted octanol–water partition coefficient (Wildman–Crippen LogP) is 2.61. The molecule has 0 radical (unpaired) electrons. The average molecular weight is 385 g/mol. The van der Waals surface area contributed by atoms with Crippen LogP contribution in [0.5, 0.6) is 0 Å². The van der Waals surface area contributed by atoms with Crippen molar-refractivity contribution in [1.29, 1.82) is 0 Å². The molecule has 0 saturated carbocycles. The van der Waals surface area contributed by atoms with E-state index in [2.05, 4.69) is 5.32 Å². The molecule has 1 heterocycles. The first-order valence-corrected chi connectivity index (χ1v) is 10.4. The molecule has 2 N–H and O–H groups in total. The Labute approximate surface area is 163 Å². The summed E-state index contributed by atoms with van der Waals surface area (Å²) in [6, 6.07) is 15.7. The minimum atomic E-state index is -0.727. The number of carbonyl (C=O) groups excluding carboxylic acids is 2. The van der Waals surface area contributed by atoms with Gasteiger partial charge < -0.3 is 15.3 Å². The van der Waals surface area contributed by atoms with Crippen molar-refractivity contribution in [1.82, 2.24) is 10.2 Å². The second kappa shape index (κ2) is 9.06. The zero-order valence-corrected chi connectivity index (χ0v) is 16.1. The van der Waals surface area contributed by atoms with Gasteiger partial charge in [-0.25, -0.2) is 0 Å². The molecule has 0 bridgehead atoms. The van der Waals surface area contributed by atoms with Crippen LogP contribution >= 0.6 is 11.8 Å². The number of hydrogen-bond acceptors (Lipinski definition) is 4. The molecule has 2 aromatic carbocycles. The van der Waals surface area contributed by atoms with Crippen LogP contribution in [0.25, 0.3) is 0 Å². The molecule has 2 aromatic rings. The van der Waals surface area contributed by atoms with Crippen molar-refractivity contribution < 1.29 is 14.7 Å². The van der Waals surface area contributed by atoms with Crippen molar-refractivity contribution in [2.24, 2.45) is 0 Å². The highest BCUT2D eigenvalue weighted by Crippen LogP contribution is 2.31. The highest BCUT2D eigenvalue weighted by molar-refractivity contribution is 7.98. The monoisotopic (exact) mass is 384 g/mol. The summed E-state index contributed by atoms with van der Waals surface area (Å²) in [6.07, 6.45) is 2.67. The summed E-state index contributed by atoms with van der Waals surface area (Å²) in [5, 5.41) is 12.5. The summed E-state index contributed by atoms with van der Waals surface area (Å²) in [5.74, 6) is 0.442. The Morgan fingerprint density at radius 3 is 2.56 bits per heavy atom. The molecular weight excluding hydrogens is 360 g/mol. The predicted molar refractivity (Wildman–Crippen MR) is 108 cm³/mol. The number of amides is 2. The quantitative estimate of drug-likeness (QED) is 0.734.